The van der Waals surface area contributed by atoms with Crippen LogP contribution in [0.1, 0.15) is 11.1 Å². The highest BCUT2D eigenvalue weighted by atomic mass is 79.9. The van der Waals surface area contributed by atoms with Crippen LogP contribution < -0.4 is 11.1 Å². The lowest BCUT2D eigenvalue weighted by Gasteiger charge is -2.12. The third kappa shape index (κ3) is 3.09. The normalized spacial score (nSPS) is 10.1. The molecule has 0 unspecified atom stereocenters. The summed E-state index contributed by atoms with van der Waals surface area (Å²) >= 11 is 3.17. The fourth-order valence-electron chi connectivity index (χ4n) is 1.86. The Balaban J connectivity index is 2.33. The number of nitrogens with two attached hydrogens (primary N) is 1. The Kier molecular flexibility index (Phi) is 4.26. The molecular weight excluding hydrogens is 321 g/mol. The molecule has 102 valence electrons. The Bertz CT molecular complexity index is 692. The number of nitrogens with one attached hydrogen (secondary N) is 1. The number of rotatable bonds is 3. The Morgan fingerprint density at radius 3 is 2.80 bits per heavy atom. The second kappa shape index (κ2) is 5.93. The summed E-state index contributed by atoms with van der Waals surface area (Å²) in [5.74, 6) is -0.296. The van der Waals surface area contributed by atoms with E-state index in [1.807, 2.05) is 19.1 Å². The first-order valence-electron chi connectivity index (χ1n) is 5.99. The van der Waals surface area contributed by atoms with E-state index in [4.69, 9.17) is 11.0 Å². The van der Waals surface area contributed by atoms with Gasteiger partial charge in [0, 0.05) is 17.1 Å². The van der Waals surface area contributed by atoms with Gasteiger partial charge in [0.15, 0.2) is 0 Å². The third-order valence-electron chi connectivity index (χ3n) is 2.96. The largest absolute Gasteiger partial charge is 0.398 e. The van der Waals surface area contributed by atoms with Crippen molar-refractivity contribution in [1.29, 1.82) is 5.26 Å². The molecular formula is C15H13BrFN3. The van der Waals surface area contributed by atoms with Crippen LogP contribution in [0.3, 0.4) is 0 Å². The molecule has 0 saturated heterocycles. The summed E-state index contributed by atoms with van der Waals surface area (Å²) in [6, 6.07) is 10.6. The summed E-state index contributed by atoms with van der Waals surface area (Å²) in [5.41, 5.74) is 9.58. The number of aryl methyl sites for hydroxylation is 1. The number of hydrogen-bond acceptors (Lipinski definition) is 3. The van der Waals surface area contributed by atoms with Crippen LogP contribution in [-0.2, 0) is 6.42 Å². The lowest BCUT2D eigenvalue weighted by Crippen LogP contribution is -1.98. The van der Waals surface area contributed by atoms with Gasteiger partial charge in [-0.15, -0.1) is 0 Å². The van der Waals surface area contributed by atoms with Crippen molar-refractivity contribution >= 4 is 33.0 Å². The van der Waals surface area contributed by atoms with Gasteiger partial charge in [-0.3, -0.25) is 0 Å². The van der Waals surface area contributed by atoms with Gasteiger partial charge in [0.25, 0.3) is 0 Å². The minimum Gasteiger partial charge on any atom is -0.398 e. The van der Waals surface area contributed by atoms with E-state index < -0.39 is 0 Å². The first-order chi connectivity index (χ1) is 9.51. The van der Waals surface area contributed by atoms with Crippen LogP contribution in [0, 0.1) is 24.1 Å². The van der Waals surface area contributed by atoms with Crippen molar-refractivity contribution in [3.8, 4) is 6.07 Å². The molecule has 0 aromatic heterocycles. The monoisotopic (exact) mass is 333 g/mol. The van der Waals surface area contributed by atoms with Crippen molar-refractivity contribution in [3.63, 3.8) is 0 Å². The topological polar surface area (TPSA) is 61.8 Å². The Hall–Kier alpha value is -2.06. The van der Waals surface area contributed by atoms with Crippen molar-refractivity contribution < 1.29 is 4.39 Å². The highest BCUT2D eigenvalue weighted by Crippen LogP contribution is 2.28. The van der Waals surface area contributed by atoms with Gasteiger partial charge in [-0.25, -0.2) is 4.39 Å². The van der Waals surface area contributed by atoms with Gasteiger partial charge >= 0.3 is 0 Å². The second-order valence-electron chi connectivity index (χ2n) is 4.45. The molecule has 0 amide bonds. The Morgan fingerprint density at radius 2 is 2.10 bits per heavy atom. The molecule has 0 atom stereocenters. The van der Waals surface area contributed by atoms with E-state index in [1.165, 1.54) is 6.07 Å². The molecule has 0 radical (unpaired) electrons. The predicted octanol–water partition coefficient (Wildman–Crippen LogP) is 4.29. The van der Waals surface area contributed by atoms with E-state index in [1.54, 1.807) is 12.1 Å². The van der Waals surface area contributed by atoms with Gasteiger partial charge in [-0.1, -0.05) is 0 Å². The van der Waals surface area contributed by atoms with Gasteiger partial charge in [-0.05, 0) is 64.3 Å². The molecule has 0 aliphatic carbocycles. The summed E-state index contributed by atoms with van der Waals surface area (Å²) in [6.07, 6.45) is 0.257. The van der Waals surface area contributed by atoms with E-state index in [9.17, 15) is 4.39 Å². The fraction of sp³-hybridized carbons (Fsp3) is 0.133. The molecule has 2 rings (SSSR count). The van der Waals surface area contributed by atoms with E-state index in [2.05, 4.69) is 27.3 Å². The molecule has 0 heterocycles. The quantitative estimate of drug-likeness (QED) is 0.823. The van der Waals surface area contributed by atoms with Crippen LogP contribution in [0.25, 0.3) is 0 Å². The highest BCUT2D eigenvalue weighted by Gasteiger charge is 2.07. The van der Waals surface area contributed by atoms with Gasteiger partial charge < -0.3 is 11.1 Å². The number of nitrogens with zero attached hydrogens (tertiary/aromatic N) is 1. The average Bonchev–Trinajstić information content (AvgIpc) is 2.40. The summed E-state index contributed by atoms with van der Waals surface area (Å²) in [7, 11) is 0. The minimum atomic E-state index is -0.296. The van der Waals surface area contributed by atoms with Crippen molar-refractivity contribution in [1.82, 2.24) is 0 Å². The highest BCUT2D eigenvalue weighted by molar-refractivity contribution is 9.10. The first-order valence-corrected chi connectivity index (χ1v) is 6.78. The molecule has 3 N–H and O–H groups in total. The van der Waals surface area contributed by atoms with E-state index in [0.29, 0.717) is 10.2 Å². The van der Waals surface area contributed by atoms with Crippen LogP contribution >= 0.6 is 15.9 Å². The predicted molar refractivity (Wildman–Crippen MR) is 82.3 cm³/mol. The molecule has 0 aliphatic heterocycles. The lowest BCUT2D eigenvalue weighted by atomic mass is 10.1. The number of nitriles is 1. The number of anilines is 3. The Labute approximate surface area is 125 Å². The molecule has 0 aliphatic rings. The molecule has 2 aromatic rings. The zero-order valence-corrected chi connectivity index (χ0v) is 12.5. The smallest absolute Gasteiger partial charge is 0.137 e. The third-order valence-corrected chi connectivity index (χ3v) is 3.57. The molecule has 0 bridgehead atoms. The SMILES string of the molecule is Cc1cc(F)c(Br)cc1Nc1ccc(N)c(CC#N)c1. The number of benzene rings is 2. The zero-order valence-electron chi connectivity index (χ0n) is 10.9. The Morgan fingerprint density at radius 1 is 1.35 bits per heavy atom. The summed E-state index contributed by atoms with van der Waals surface area (Å²) in [5, 5.41) is 12.0. The fourth-order valence-corrected chi connectivity index (χ4v) is 2.20. The molecule has 3 nitrogen and oxygen atoms in total. The van der Waals surface area contributed by atoms with Crippen LogP contribution in [-0.4, -0.2) is 0 Å². The van der Waals surface area contributed by atoms with Crippen LogP contribution in [0.4, 0.5) is 21.5 Å². The van der Waals surface area contributed by atoms with Gasteiger partial charge in [0.1, 0.15) is 5.82 Å². The van der Waals surface area contributed by atoms with E-state index in [-0.39, 0.29) is 12.2 Å². The first kappa shape index (κ1) is 14.4. The second-order valence-corrected chi connectivity index (χ2v) is 5.31. The zero-order chi connectivity index (χ0) is 14.7. The standard InChI is InChI=1S/C15H13BrFN3/c1-9-6-13(17)12(16)8-15(9)20-11-2-3-14(19)10(7-11)4-5-18/h2-3,6-8,20H,4,19H2,1H3. The van der Waals surface area contributed by atoms with Crippen LogP contribution in [0.15, 0.2) is 34.8 Å². The van der Waals surface area contributed by atoms with Crippen molar-refractivity contribution in [2.24, 2.45) is 0 Å². The maximum Gasteiger partial charge on any atom is 0.137 e. The molecule has 0 saturated carbocycles. The van der Waals surface area contributed by atoms with Crippen LogP contribution in [0.5, 0.6) is 0 Å². The van der Waals surface area contributed by atoms with Crippen LogP contribution in [0.2, 0.25) is 0 Å². The number of hydrogen-bond donors (Lipinski definition) is 2. The number of halogens is 2. The number of nitrogen functional groups attached to an aromatic ring is 1. The lowest BCUT2D eigenvalue weighted by molar-refractivity contribution is 0.620. The van der Waals surface area contributed by atoms with E-state index >= 15 is 0 Å². The van der Waals surface area contributed by atoms with Crippen molar-refractivity contribution in [2.45, 2.75) is 13.3 Å². The molecule has 20 heavy (non-hydrogen) atoms. The maximum absolute atomic E-state index is 13.4. The van der Waals surface area contributed by atoms with Gasteiger partial charge in [0.05, 0.1) is 17.0 Å². The average molecular weight is 334 g/mol. The van der Waals surface area contributed by atoms with Gasteiger partial charge in [0.2, 0.25) is 0 Å². The summed E-state index contributed by atoms with van der Waals surface area (Å²) in [6.45, 7) is 1.82. The molecule has 2 aromatic carbocycles. The minimum absolute atomic E-state index is 0.257. The summed E-state index contributed by atoms with van der Waals surface area (Å²) in [4.78, 5) is 0. The van der Waals surface area contributed by atoms with E-state index in [0.717, 1.165) is 22.5 Å². The molecule has 5 heteroatoms. The van der Waals surface area contributed by atoms with Crippen molar-refractivity contribution in [2.75, 3.05) is 11.1 Å². The maximum atomic E-state index is 13.4. The van der Waals surface area contributed by atoms with Gasteiger partial charge in [-0.2, -0.15) is 5.26 Å². The molecule has 0 spiro atoms. The van der Waals surface area contributed by atoms with Crippen molar-refractivity contribution in [3.05, 3.63) is 51.7 Å². The summed E-state index contributed by atoms with van der Waals surface area (Å²) < 4.78 is 13.8. The molecule has 0 fully saturated rings.